The molecule has 1 aromatic carbocycles. The van der Waals surface area contributed by atoms with Crippen molar-refractivity contribution in [2.75, 3.05) is 20.4 Å². The summed E-state index contributed by atoms with van der Waals surface area (Å²) in [5, 5.41) is 3.27. The van der Waals surface area contributed by atoms with E-state index in [-0.39, 0.29) is 11.5 Å². The molecule has 0 radical (unpaired) electrons. The Labute approximate surface area is 110 Å². The van der Waals surface area contributed by atoms with Crippen molar-refractivity contribution in [1.82, 2.24) is 5.32 Å². The van der Waals surface area contributed by atoms with Gasteiger partial charge >= 0.3 is 0 Å². The number of nitrogens with one attached hydrogen (secondary N) is 1. The Bertz CT molecular complexity index is 344. The predicted octanol–water partition coefficient (Wildman–Crippen LogP) is 2.94. The van der Waals surface area contributed by atoms with Gasteiger partial charge in [-0.1, -0.05) is 26.0 Å². The van der Waals surface area contributed by atoms with E-state index in [1.807, 2.05) is 26.0 Å². The molecule has 1 aromatic rings. The van der Waals surface area contributed by atoms with E-state index in [0.717, 1.165) is 12.3 Å². The Kier molecular flexibility index (Phi) is 5.63. The number of methoxy groups -OCH3 is 1. The third kappa shape index (κ3) is 4.67. The van der Waals surface area contributed by atoms with E-state index >= 15 is 0 Å². The monoisotopic (exact) mass is 251 g/mol. The zero-order valence-electron chi connectivity index (χ0n) is 12.1. The van der Waals surface area contributed by atoms with Gasteiger partial charge < -0.3 is 9.47 Å². The normalized spacial score (nSPS) is 11.9. The second kappa shape index (κ2) is 6.76. The Morgan fingerprint density at radius 1 is 1.17 bits per heavy atom. The van der Waals surface area contributed by atoms with Crippen LogP contribution in [0.3, 0.4) is 0 Å². The van der Waals surface area contributed by atoms with Crippen molar-refractivity contribution < 1.29 is 9.47 Å². The van der Waals surface area contributed by atoms with Crippen molar-refractivity contribution in [2.45, 2.75) is 39.2 Å². The summed E-state index contributed by atoms with van der Waals surface area (Å²) in [7, 11) is 1.69. The molecule has 0 aromatic heterocycles. The van der Waals surface area contributed by atoms with Crippen molar-refractivity contribution in [3.63, 3.8) is 0 Å². The highest BCUT2D eigenvalue weighted by Gasteiger charge is 2.19. The second-order valence-electron chi connectivity index (χ2n) is 5.43. The molecule has 0 fully saturated rings. The molecule has 0 amide bonds. The van der Waals surface area contributed by atoms with Gasteiger partial charge in [0.05, 0.1) is 12.8 Å². The van der Waals surface area contributed by atoms with Gasteiger partial charge in [0, 0.05) is 19.1 Å². The van der Waals surface area contributed by atoms with E-state index in [2.05, 4.69) is 31.3 Å². The van der Waals surface area contributed by atoms with E-state index in [1.165, 1.54) is 5.56 Å². The average Bonchev–Trinajstić information content (AvgIpc) is 2.29. The summed E-state index contributed by atoms with van der Waals surface area (Å²) < 4.78 is 10.6. The average molecular weight is 251 g/mol. The van der Waals surface area contributed by atoms with Crippen molar-refractivity contribution in [1.29, 1.82) is 0 Å². The minimum atomic E-state index is 0.0783. The highest BCUT2D eigenvalue weighted by atomic mass is 16.5. The molecule has 0 aliphatic heterocycles. The molecule has 0 unspecified atom stereocenters. The maximum Gasteiger partial charge on any atom is 0.119 e. The summed E-state index contributed by atoms with van der Waals surface area (Å²) >= 11 is 0. The van der Waals surface area contributed by atoms with Crippen LogP contribution < -0.4 is 10.1 Å². The van der Waals surface area contributed by atoms with E-state index in [0.29, 0.717) is 6.73 Å². The molecule has 0 saturated carbocycles. The first kappa shape index (κ1) is 15.0. The minimum absolute atomic E-state index is 0.0783. The lowest BCUT2D eigenvalue weighted by atomic mass is 9.84. The van der Waals surface area contributed by atoms with Gasteiger partial charge in [-0.15, -0.1) is 0 Å². The molecule has 0 bridgehead atoms. The fourth-order valence-electron chi connectivity index (χ4n) is 1.82. The third-order valence-corrected chi connectivity index (χ3v) is 2.82. The molecular weight excluding hydrogens is 226 g/mol. The smallest absolute Gasteiger partial charge is 0.119 e. The van der Waals surface area contributed by atoms with Gasteiger partial charge in [0.15, 0.2) is 0 Å². The first-order chi connectivity index (χ1) is 8.45. The lowest BCUT2D eigenvalue weighted by Gasteiger charge is -2.26. The predicted molar refractivity (Wildman–Crippen MR) is 75.1 cm³/mol. The van der Waals surface area contributed by atoms with Crippen LogP contribution in [0.15, 0.2) is 24.3 Å². The molecule has 0 aliphatic carbocycles. The van der Waals surface area contributed by atoms with E-state index in [9.17, 15) is 0 Å². The van der Waals surface area contributed by atoms with Crippen molar-refractivity contribution in [2.24, 2.45) is 0 Å². The van der Waals surface area contributed by atoms with Gasteiger partial charge in [0.25, 0.3) is 0 Å². The summed E-state index contributed by atoms with van der Waals surface area (Å²) in [5.41, 5.74) is 1.37. The van der Waals surface area contributed by atoms with Gasteiger partial charge in [-0.3, -0.25) is 5.32 Å². The largest absolute Gasteiger partial charge is 0.491 e. The molecule has 18 heavy (non-hydrogen) atoms. The molecule has 0 spiro atoms. The maximum atomic E-state index is 5.64. The van der Waals surface area contributed by atoms with Gasteiger partial charge in [-0.2, -0.15) is 0 Å². The molecular formula is C15H25NO2. The molecule has 0 aliphatic rings. The molecule has 1 N–H and O–H groups in total. The van der Waals surface area contributed by atoms with Crippen LogP contribution in [-0.4, -0.2) is 26.5 Å². The lowest BCUT2D eigenvalue weighted by Crippen LogP contribution is -2.33. The summed E-state index contributed by atoms with van der Waals surface area (Å²) in [6.07, 6.45) is 0.215. The summed E-state index contributed by atoms with van der Waals surface area (Å²) in [6.45, 7) is 9.96. The highest BCUT2D eigenvalue weighted by molar-refractivity contribution is 5.32. The van der Waals surface area contributed by atoms with Crippen LogP contribution >= 0.6 is 0 Å². The molecule has 0 saturated heterocycles. The molecule has 3 heteroatoms. The first-order valence-corrected chi connectivity index (χ1v) is 6.42. The summed E-state index contributed by atoms with van der Waals surface area (Å²) in [4.78, 5) is 0. The number of hydrogen-bond donors (Lipinski definition) is 1. The maximum absolute atomic E-state index is 5.64. The molecule has 0 heterocycles. The van der Waals surface area contributed by atoms with E-state index in [1.54, 1.807) is 7.11 Å². The van der Waals surface area contributed by atoms with Crippen LogP contribution in [0, 0.1) is 0 Å². The minimum Gasteiger partial charge on any atom is -0.491 e. The Morgan fingerprint density at radius 3 is 2.28 bits per heavy atom. The van der Waals surface area contributed by atoms with Gasteiger partial charge in [0.1, 0.15) is 5.75 Å². The molecule has 102 valence electrons. The topological polar surface area (TPSA) is 30.5 Å². The number of rotatable bonds is 7. The SMILES string of the molecule is COCNCC(C)(C)c1ccc(OC(C)C)cc1. The van der Waals surface area contributed by atoms with Gasteiger partial charge in [-0.25, -0.2) is 0 Å². The molecule has 3 nitrogen and oxygen atoms in total. The molecule has 0 atom stereocenters. The van der Waals surface area contributed by atoms with Crippen LogP contribution in [0.5, 0.6) is 5.75 Å². The third-order valence-electron chi connectivity index (χ3n) is 2.82. The lowest BCUT2D eigenvalue weighted by molar-refractivity contribution is 0.169. The van der Waals surface area contributed by atoms with Gasteiger partial charge in [-0.05, 0) is 31.5 Å². The van der Waals surface area contributed by atoms with Crippen LogP contribution in [0.2, 0.25) is 0 Å². The zero-order valence-corrected chi connectivity index (χ0v) is 12.1. The summed E-state index contributed by atoms with van der Waals surface area (Å²) in [5.74, 6) is 0.925. The highest BCUT2D eigenvalue weighted by Crippen LogP contribution is 2.24. The number of benzene rings is 1. The number of ether oxygens (including phenoxy) is 2. The van der Waals surface area contributed by atoms with Crippen LogP contribution in [-0.2, 0) is 10.2 Å². The quantitative estimate of drug-likeness (QED) is 0.597. The van der Waals surface area contributed by atoms with E-state index < -0.39 is 0 Å². The second-order valence-corrected chi connectivity index (χ2v) is 5.43. The van der Waals surface area contributed by atoms with Crippen molar-refractivity contribution in [3.8, 4) is 5.75 Å². The Balaban J connectivity index is 2.65. The van der Waals surface area contributed by atoms with E-state index in [4.69, 9.17) is 9.47 Å². The van der Waals surface area contributed by atoms with Crippen LogP contribution in [0.25, 0.3) is 0 Å². The first-order valence-electron chi connectivity index (χ1n) is 6.42. The van der Waals surface area contributed by atoms with Gasteiger partial charge in [0.2, 0.25) is 0 Å². The van der Waals surface area contributed by atoms with Crippen molar-refractivity contribution >= 4 is 0 Å². The van der Waals surface area contributed by atoms with Crippen LogP contribution in [0.1, 0.15) is 33.3 Å². The summed E-state index contributed by atoms with van der Waals surface area (Å²) in [6, 6.07) is 8.33. The Hall–Kier alpha value is -1.06. The van der Waals surface area contributed by atoms with Crippen molar-refractivity contribution in [3.05, 3.63) is 29.8 Å². The Morgan fingerprint density at radius 2 is 1.78 bits per heavy atom. The zero-order chi connectivity index (χ0) is 13.6. The fourth-order valence-corrected chi connectivity index (χ4v) is 1.82. The standard InChI is InChI=1S/C15H25NO2/c1-12(2)18-14-8-6-13(7-9-14)15(3,4)10-16-11-17-5/h6-9,12,16H,10-11H2,1-5H3. The molecule has 1 rings (SSSR count). The number of hydrogen-bond acceptors (Lipinski definition) is 3. The fraction of sp³-hybridized carbons (Fsp3) is 0.600. The van der Waals surface area contributed by atoms with Crippen LogP contribution in [0.4, 0.5) is 0 Å².